The number of aromatic nitrogens is 2. The number of hydrogen-bond donors (Lipinski definition) is 3. The van der Waals surface area contributed by atoms with Crippen LogP contribution in [0.25, 0.3) is 0 Å². The molecule has 1 aliphatic carbocycles. The summed E-state index contributed by atoms with van der Waals surface area (Å²) >= 11 is 0. The van der Waals surface area contributed by atoms with Gasteiger partial charge in [-0.3, -0.25) is 9.78 Å². The van der Waals surface area contributed by atoms with E-state index >= 15 is 0 Å². The van der Waals surface area contributed by atoms with Crippen LogP contribution in [0, 0.1) is 5.92 Å². The van der Waals surface area contributed by atoms with Crippen molar-refractivity contribution in [2.45, 2.75) is 57.0 Å². The summed E-state index contributed by atoms with van der Waals surface area (Å²) in [6.07, 6.45) is 8.37. The zero-order valence-corrected chi connectivity index (χ0v) is 18.5. The molecular weight excluding hydrogens is 424 g/mol. The third-order valence-electron chi connectivity index (χ3n) is 6.43. The Bertz CT molecular complexity index is 965. The first-order valence-electron chi connectivity index (χ1n) is 11.5. The van der Waals surface area contributed by atoms with Gasteiger partial charge < -0.3 is 20.4 Å². The number of aliphatic hydroxyl groups is 1. The van der Waals surface area contributed by atoms with E-state index in [0.29, 0.717) is 11.5 Å². The van der Waals surface area contributed by atoms with Gasteiger partial charge in [-0.05, 0) is 74.6 Å². The van der Waals surface area contributed by atoms with Gasteiger partial charge in [-0.25, -0.2) is 9.78 Å². The number of carboxylic acid groups (broad SMARTS) is 1. The van der Waals surface area contributed by atoms with Crippen molar-refractivity contribution < 1.29 is 24.6 Å². The Hall–Kier alpha value is -3.04. The van der Waals surface area contributed by atoms with Crippen LogP contribution in [0.5, 0.6) is 0 Å². The van der Waals surface area contributed by atoms with Crippen LogP contribution >= 0.6 is 0 Å². The van der Waals surface area contributed by atoms with Crippen LogP contribution in [0.2, 0.25) is 0 Å². The first-order valence-corrected chi connectivity index (χ1v) is 11.5. The Balaban J connectivity index is 1.36. The number of pyridine rings is 2. The molecule has 1 atom stereocenters. The number of carbonyl (C=O) groups excluding carboxylic acids is 1. The van der Waals surface area contributed by atoms with E-state index < -0.39 is 18.0 Å². The monoisotopic (exact) mass is 454 g/mol. The summed E-state index contributed by atoms with van der Waals surface area (Å²) in [4.78, 5) is 38.6. The number of nitrogens with one attached hydrogen (secondary N) is 1. The molecule has 2 aliphatic rings. The molecule has 9 heteroatoms. The van der Waals surface area contributed by atoms with Crippen molar-refractivity contribution in [3.05, 3.63) is 53.5 Å². The maximum atomic E-state index is 12.6. The van der Waals surface area contributed by atoms with Gasteiger partial charge in [0.2, 0.25) is 0 Å². The summed E-state index contributed by atoms with van der Waals surface area (Å²) in [6, 6.07) is 5.98. The van der Waals surface area contributed by atoms with E-state index in [-0.39, 0.29) is 19.1 Å². The number of hydrogen-bond acceptors (Lipinski definition) is 8. The average Bonchev–Trinajstić information content (AvgIpc) is 2.81. The molecule has 3 N–H and O–H groups in total. The van der Waals surface area contributed by atoms with Gasteiger partial charge >= 0.3 is 11.9 Å². The number of aliphatic hydroxyl groups excluding tert-OH is 1. The van der Waals surface area contributed by atoms with E-state index in [2.05, 4.69) is 22.4 Å². The van der Waals surface area contributed by atoms with Crippen LogP contribution in [0.3, 0.4) is 0 Å². The fourth-order valence-electron chi connectivity index (χ4n) is 4.51. The minimum atomic E-state index is -1.12. The van der Waals surface area contributed by atoms with E-state index in [1.807, 2.05) is 0 Å². The van der Waals surface area contributed by atoms with Gasteiger partial charge in [-0.1, -0.05) is 6.07 Å². The van der Waals surface area contributed by atoms with E-state index in [1.165, 1.54) is 35.2 Å². The number of aliphatic carboxylic acids is 1. The number of nitrogens with zero attached hydrogens (tertiary/aromatic N) is 3. The maximum Gasteiger partial charge on any atom is 0.357 e. The van der Waals surface area contributed by atoms with Crippen molar-refractivity contribution >= 4 is 17.8 Å². The zero-order valence-electron chi connectivity index (χ0n) is 18.5. The van der Waals surface area contributed by atoms with Gasteiger partial charge in [-0.15, -0.1) is 5.06 Å². The lowest BCUT2D eigenvalue weighted by molar-refractivity contribution is -0.204. The van der Waals surface area contributed by atoms with Gasteiger partial charge in [0.1, 0.15) is 11.9 Å². The quantitative estimate of drug-likeness (QED) is 0.464. The number of hydroxylamine groups is 2. The number of carboxylic acids is 1. The fourth-order valence-corrected chi connectivity index (χ4v) is 4.51. The molecule has 0 spiro atoms. The van der Waals surface area contributed by atoms with Crippen molar-refractivity contribution in [1.29, 1.82) is 0 Å². The Labute approximate surface area is 192 Å². The molecular formula is C24H30N4O5. The van der Waals surface area contributed by atoms with Crippen molar-refractivity contribution in [3.63, 3.8) is 0 Å². The predicted molar refractivity (Wildman–Crippen MR) is 120 cm³/mol. The first kappa shape index (κ1) is 23.1. The molecule has 0 unspecified atom stereocenters. The molecule has 9 nitrogen and oxygen atoms in total. The topological polar surface area (TPSA) is 125 Å². The number of fused-ring (bicyclic) bond motifs is 1. The van der Waals surface area contributed by atoms with Gasteiger partial charge in [-0.2, -0.15) is 0 Å². The SMILES string of the molecule is O=C(ON(C1CC(CCc2ccc3c(n2)NCCC3)C1)[C@H](CCO)C(=O)O)c1ccncc1. The number of carbonyl (C=O) groups is 2. The number of aryl methyl sites for hydroxylation is 2. The smallest absolute Gasteiger partial charge is 0.357 e. The molecule has 33 heavy (non-hydrogen) atoms. The van der Waals surface area contributed by atoms with Crippen molar-refractivity contribution in [2.75, 3.05) is 18.5 Å². The average molecular weight is 455 g/mol. The molecule has 2 aromatic heterocycles. The molecule has 0 aromatic carbocycles. The Morgan fingerprint density at radius 3 is 2.73 bits per heavy atom. The minimum absolute atomic E-state index is 0.0217. The van der Waals surface area contributed by atoms with Crippen LogP contribution in [0.1, 0.15) is 53.7 Å². The van der Waals surface area contributed by atoms with E-state index in [0.717, 1.165) is 56.6 Å². The van der Waals surface area contributed by atoms with Gasteiger partial charge in [0.05, 0.1) is 5.56 Å². The van der Waals surface area contributed by atoms with E-state index in [4.69, 9.17) is 9.82 Å². The Morgan fingerprint density at radius 1 is 1.21 bits per heavy atom. The van der Waals surface area contributed by atoms with Crippen LogP contribution in [-0.4, -0.2) is 62.4 Å². The largest absolute Gasteiger partial charge is 0.480 e. The second-order valence-electron chi connectivity index (χ2n) is 8.71. The lowest BCUT2D eigenvalue weighted by Gasteiger charge is -2.43. The molecule has 1 fully saturated rings. The minimum Gasteiger partial charge on any atom is -0.480 e. The van der Waals surface area contributed by atoms with Crippen LogP contribution < -0.4 is 5.32 Å². The Kier molecular flexibility index (Phi) is 7.51. The summed E-state index contributed by atoms with van der Waals surface area (Å²) in [5.41, 5.74) is 2.62. The van der Waals surface area contributed by atoms with Crippen molar-refractivity contribution in [2.24, 2.45) is 5.92 Å². The summed E-state index contributed by atoms with van der Waals surface area (Å²) in [7, 11) is 0. The predicted octanol–water partition coefficient (Wildman–Crippen LogP) is 2.46. The van der Waals surface area contributed by atoms with Gasteiger partial charge in [0, 0.05) is 37.3 Å². The number of rotatable bonds is 10. The summed E-state index contributed by atoms with van der Waals surface area (Å²) in [5.74, 6) is -0.365. The molecule has 3 heterocycles. The highest BCUT2D eigenvalue weighted by Gasteiger charge is 2.41. The van der Waals surface area contributed by atoms with Crippen molar-refractivity contribution in [3.8, 4) is 0 Å². The van der Waals surface area contributed by atoms with E-state index in [9.17, 15) is 19.8 Å². The highest BCUT2D eigenvalue weighted by atomic mass is 16.7. The highest BCUT2D eigenvalue weighted by molar-refractivity contribution is 5.89. The second-order valence-corrected chi connectivity index (χ2v) is 8.71. The molecule has 4 rings (SSSR count). The van der Waals surface area contributed by atoms with Crippen LogP contribution in [0.15, 0.2) is 36.7 Å². The van der Waals surface area contributed by atoms with Crippen LogP contribution in [0.4, 0.5) is 5.82 Å². The molecule has 0 radical (unpaired) electrons. The third-order valence-corrected chi connectivity index (χ3v) is 6.43. The summed E-state index contributed by atoms with van der Waals surface area (Å²) < 4.78 is 0. The van der Waals surface area contributed by atoms with Crippen molar-refractivity contribution in [1.82, 2.24) is 15.0 Å². The van der Waals surface area contributed by atoms with Gasteiger partial charge in [0.15, 0.2) is 0 Å². The lowest BCUT2D eigenvalue weighted by atomic mass is 9.76. The maximum absolute atomic E-state index is 12.6. The third kappa shape index (κ3) is 5.66. The first-order chi connectivity index (χ1) is 16.0. The summed E-state index contributed by atoms with van der Waals surface area (Å²) in [5, 5.41) is 23.7. The summed E-state index contributed by atoms with van der Waals surface area (Å²) in [6.45, 7) is 0.648. The van der Waals surface area contributed by atoms with Crippen LogP contribution in [-0.2, 0) is 22.5 Å². The standard InChI is InChI=1S/C24H30N4O5/c29-13-9-21(23(30)31)28(33-24(32)18-7-11-25-12-8-18)20-14-16(15-20)3-5-19-6-4-17-2-1-10-26-22(17)27-19/h4,6-8,11-12,16,20-21,29H,1-3,5,9-10,13-15H2,(H,26,27)(H,30,31)/t16?,20?,21-/m1/s1. The molecule has 0 bridgehead atoms. The lowest BCUT2D eigenvalue weighted by Crippen LogP contribution is -2.53. The molecule has 0 saturated heterocycles. The van der Waals surface area contributed by atoms with E-state index in [1.54, 1.807) is 0 Å². The second kappa shape index (κ2) is 10.7. The molecule has 1 saturated carbocycles. The molecule has 1 aliphatic heterocycles. The molecule has 176 valence electrons. The normalized spacial score (nSPS) is 20.3. The molecule has 2 aromatic rings. The highest BCUT2D eigenvalue weighted by Crippen LogP contribution is 2.37. The van der Waals surface area contributed by atoms with Gasteiger partial charge in [0.25, 0.3) is 0 Å². The Morgan fingerprint density at radius 2 is 2.00 bits per heavy atom. The molecule has 0 amide bonds. The number of anilines is 1. The fraction of sp³-hybridized carbons (Fsp3) is 0.500. The zero-order chi connectivity index (χ0) is 23.2.